The average molecular weight is 215 g/mol. The Morgan fingerprint density at radius 3 is 2.81 bits per heavy atom. The van der Waals surface area contributed by atoms with Gasteiger partial charge in [-0.1, -0.05) is 0 Å². The maximum Gasteiger partial charge on any atom is 0.271 e. The fourth-order valence-corrected chi connectivity index (χ4v) is 1.05. The van der Waals surface area contributed by atoms with E-state index in [-0.39, 0.29) is 5.91 Å². The molecule has 16 heavy (non-hydrogen) atoms. The predicted octanol–water partition coefficient (Wildman–Crippen LogP) is 0.628. The number of amides is 1. The van der Waals surface area contributed by atoms with E-state index in [0.29, 0.717) is 11.4 Å². The molecule has 0 bridgehead atoms. The Morgan fingerprint density at radius 2 is 2.12 bits per heavy atom. The van der Waals surface area contributed by atoms with Crippen LogP contribution in [0, 0.1) is 0 Å². The maximum absolute atomic E-state index is 11.6. The number of aromatic nitrogens is 3. The number of carbonyl (C=O) groups excluding carboxylic acids is 1. The van der Waals surface area contributed by atoms with Crippen molar-refractivity contribution in [1.29, 1.82) is 0 Å². The van der Waals surface area contributed by atoms with E-state index < -0.39 is 0 Å². The van der Waals surface area contributed by atoms with Crippen molar-refractivity contribution >= 4 is 11.7 Å². The smallest absolute Gasteiger partial charge is 0.271 e. The molecule has 2 heterocycles. The van der Waals surface area contributed by atoms with Gasteiger partial charge in [-0.2, -0.15) is 0 Å². The standard InChI is InChI=1S/C10H9N5O/c16-10(8-2-1-4-11-6-8)15-14-9-3-5-12-7-13-9/h1-7H,(H,15,16)(H,12,13,14). The van der Waals surface area contributed by atoms with E-state index in [1.165, 1.54) is 12.5 Å². The third kappa shape index (κ3) is 2.50. The van der Waals surface area contributed by atoms with E-state index >= 15 is 0 Å². The van der Waals surface area contributed by atoms with Gasteiger partial charge in [0.1, 0.15) is 12.1 Å². The van der Waals surface area contributed by atoms with Crippen molar-refractivity contribution in [2.24, 2.45) is 0 Å². The molecule has 80 valence electrons. The molecule has 0 aromatic carbocycles. The fourth-order valence-electron chi connectivity index (χ4n) is 1.05. The van der Waals surface area contributed by atoms with Crippen LogP contribution in [0.5, 0.6) is 0 Å². The Balaban J connectivity index is 1.95. The van der Waals surface area contributed by atoms with Crippen LogP contribution in [0.15, 0.2) is 43.1 Å². The minimum Gasteiger partial charge on any atom is -0.282 e. The molecule has 0 aliphatic rings. The lowest BCUT2D eigenvalue weighted by molar-refractivity contribution is 0.0962. The maximum atomic E-state index is 11.6. The van der Waals surface area contributed by atoms with Crippen molar-refractivity contribution < 1.29 is 4.79 Å². The lowest BCUT2D eigenvalue weighted by atomic mass is 10.3. The highest BCUT2D eigenvalue weighted by molar-refractivity contribution is 5.94. The van der Waals surface area contributed by atoms with Gasteiger partial charge in [0, 0.05) is 24.7 Å². The summed E-state index contributed by atoms with van der Waals surface area (Å²) in [4.78, 5) is 23.1. The second-order valence-corrected chi connectivity index (χ2v) is 2.92. The molecule has 2 aromatic rings. The second-order valence-electron chi connectivity index (χ2n) is 2.92. The third-order valence-corrected chi connectivity index (χ3v) is 1.81. The van der Waals surface area contributed by atoms with Crippen LogP contribution in [0.25, 0.3) is 0 Å². The monoisotopic (exact) mass is 215 g/mol. The first-order chi connectivity index (χ1) is 7.86. The minimum absolute atomic E-state index is 0.272. The molecule has 0 saturated carbocycles. The Labute approximate surface area is 91.7 Å². The number of nitrogens with zero attached hydrogens (tertiary/aromatic N) is 3. The zero-order chi connectivity index (χ0) is 11.2. The summed E-state index contributed by atoms with van der Waals surface area (Å²) >= 11 is 0. The van der Waals surface area contributed by atoms with E-state index in [2.05, 4.69) is 25.8 Å². The molecule has 2 aromatic heterocycles. The summed E-state index contributed by atoms with van der Waals surface area (Å²) in [5.74, 6) is 0.249. The van der Waals surface area contributed by atoms with Crippen LogP contribution in [-0.2, 0) is 0 Å². The van der Waals surface area contributed by atoms with Gasteiger partial charge in [0.15, 0.2) is 0 Å². The van der Waals surface area contributed by atoms with E-state index in [1.54, 1.807) is 30.6 Å². The minimum atomic E-state index is -0.272. The Hall–Kier alpha value is -2.50. The number of hydrazine groups is 1. The highest BCUT2D eigenvalue weighted by Gasteiger charge is 2.03. The SMILES string of the molecule is O=C(NNc1ccncn1)c1cccnc1. The molecular weight excluding hydrogens is 206 g/mol. The zero-order valence-corrected chi connectivity index (χ0v) is 8.29. The van der Waals surface area contributed by atoms with Gasteiger partial charge in [-0.15, -0.1) is 0 Å². The van der Waals surface area contributed by atoms with Gasteiger partial charge in [-0.25, -0.2) is 9.97 Å². The number of hydrogen-bond acceptors (Lipinski definition) is 5. The van der Waals surface area contributed by atoms with Crippen LogP contribution in [0.3, 0.4) is 0 Å². The van der Waals surface area contributed by atoms with Gasteiger partial charge < -0.3 is 0 Å². The van der Waals surface area contributed by atoms with Crippen LogP contribution in [0.2, 0.25) is 0 Å². The molecule has 0 radical (unpaired) electrons. The van der Waals surface area contributed by atoms with Gasteiger partial charge in [0.25, 0.3) is 5.91 Å². The van der Waals surface area contributed by atoms with Crippen LogP contribution in [-0.4, -0.2) is 20.9 Å². The highest BCUT2D eigenvalue weighted by atomic mass is 16.2. The topological polar surface area (TPSA) is 79.8 Å². The predicted molar refractivity (Wildman–Crippen MR) is 57.4 cm³/mol. The molecule has 0 aliphatic heterocycles. The van der Waals surface area contributed by atoms with Gasteiger partial charge in [-0.3, -0.25) is 20.6 Å². The van der Waals surface area contributed by atoms with Crippen LogP contribution in [0.4, 0.5) is 5.82 Å². The summed E-state index contributed by atoms with van der Waals surface area (Å²) in [5, 5.41) is 0. The number of nitrogens with one attached hydrogen (secondary N) is 2. The summed E-state index contributed by atoms with van der Waals surface area (Å²) in [6.45, 7) is 0. The molecule has 0 aliphatic carbocycles. The van der Waals surface area contributed by atoms with Gasteiger partial charge >= 0.3 is 0 Å². The molecule has 1 amide bonds. The summed E-state index contributed by atoms with van der Waals surface area (Å²) in [5.41, 5.74) is 5.64. The third-order valence-electron chi connectivity index (χ3n) is 1.81. The van der Waals surface area contributed by atoms with E-state index in [1.807, 2.05) is 0 Å². The first-order valence-corrected chi connectivity index (χ1v) is 4.58. The summed E-state index contributed by atoms with van der Waals surface area (Å²) in [7, 11) is 0. The van der Waals surface area contributed by atoms with Crippen molar-refractivity contribution in [3.63, 3.8) is 0 Å². The van der Waals surface area contributed by atoms with Crippen molar-refractivity contribution in [3.05, 3.63) is 48.7 Å². The number of anilines is 1. The molecular formula is C10H9N5O. The molecule has 6 nitrogen and oxygen atoms in total. The molecule has 0 spiro atoms. The Morgan fingerprint density at radius 1 is 1.19 bits per heavy atom. The number of rotatable bonds is 3. The number of pyridine rings is 1. The molecule has 0 fully saturated rings. The number of carbonyl (C=O) groups is 1. The number of hydrogen-bond donors (Lipinski definition) is 2. The zero-order valence-electron chi connectivity index (χ0n) is 8.29. The first-order valence-electron chi connectivity index (χ1n) is 4.58. The second kappa shape index (κ2) is 4.83. The lowest BCUT2D eigenvalue weighted by Crippen LogP contribution is -2.29. The normalized spacial score (nSPS) is 9.50. The first kappa shape index (κ1) is 10.0. The van der Waals surface area contributed by atoms with Crippen molar-refractivity contribution in [1.82, 2.24) is 20.4 Å². The molecule has 0 saturated heterocycles. The lowest BCUT2D eigenvalue weighted by Gasteiger charge is -2.06. The van der Waals surface area contributed by atoms with Crippen LogP contribution in [0.1, 0.15) is 10.4 Å². The van der Waals surface area contributed by atoms with Crippen molar-refractivity contribution in [2.45, 2.75) is 0 Å². The molecule has 0 unspecified atom stereocenters. The van der Waals surface area contributed by atoms with E-state index in [9.17, 15) is 4.79 Å². The van der Waals surface area contributed by atoms with Gasteiger partial charge in [0.05, 0.1) is 5.56 Å². The molecule has 2 rings (SSSR count). The van der Waals surface area contributed by atoms with Gasteiger partial charge in [0.2, 0.25) is 0 Å². The van der Waals surface area contributed by atoms with Crippen LogP contribution < -0.4 is 10.9 Å². The fraction of sp³-hybridized carbons (Fsp3) is 0. The highest BCUT2D eigenvalue weighted by Crippen LogP contribution is 1.97. The Bertz CT molecular complexity index is 459. The van der Waals surface area contributed by atoms with Crippen molar-refractivity contribution in [2.75, 3.05) is 5.43 Å². The Kier molecular flexibility index (Phi) is 3.03. The largest absolute Gasteiger partial charge is 0.282 e. The molecule has 2 N–H and O–H groups in total. The van der Waals surface area contributed by atoms with E-state index in [4.69, 9.17) is 0 Å². The molecule has 0 atom stereocenters. The average Bonchev–Trinajstić information content (AvgIpc) is 2.38. The van der Waals surface area contributed by atoms with Gasteiger partial charge in [-0.05, 0) is 12.1 Å². The summed E-state index contributed by atoms with van der Waals surface area (Å²) in [6, 6.07) is 5.01. The quantitative estimate of drug-likeness (QED) is 0.734. The summed E-state index contributed by atoms with van der Waals surface area (Å²) < 4.78 is 0. The van der Waals surface area contributed by atoms with Crippen LogP contribution >= 0.6 is 0 Å². The summed E-state index contributed by atoms with van der Waals surface area (Å²) in [6.07, 6.45) is 6.05. The van der Waals surface area contributed by atoms with Crippen molar-refractivity contribution in [3.8, 4) is 0 Å². The van der Waals surface area contributed by atoms with E-state index in [0.717, 1.165) is 0 Å². The molecule has 6 heteroatoms.